The van der Waals surface area contributed by atoms with Crippen LogP contribution in [0.4, 0.5) is 0 Å². The maximum Gasteiger partial charge on any atom is 0.246 e. The first kappa shape index (κ1) is 11.4. The van der Waals surface area contributed by atoms with Crippen molar-refractivity contribution in [3.63, 3.8) is 0 Å². The summed E-state index contributed by atoms with van der Waals surface area (Å²) >= 11 is 0. The highest BCUT2D eigenvalue weighted by molar-refractivity contribution is 5.53. The fraction of sp³-hybridized carbons (Fsp3) is 0.385. The summed E-state index contributed by atoms with van der Waals surface area (Å²) in [6.07, 6.45) is 0.0443. The van der Waals surface area contributed by atoms with Crippen molar-refractivity contribution in [2.24, 2.45) is 0 Å². The third kappa shape index (κ3) is 2.14. The van der Waals surface area contributed by atoms with E-state index in [9.17, 15) is 0 Å². The summed E-state index contributed by atoms with van der Waals surface area (Å²) in [4.78, 5) is 4.43. The summed E-state index contributed by atoms with van der Waals surface area (Å²) in [5.41, 5.74) is 0.955. The van der Waals surface area contributed by atoms with Crippen LogP contribution in [0.15, 0.2) is 34.9 Å². The third-order valence-corrected chi connectivity index (χ3v) is 3.06. The van der Waals surface area contributed by atoms with Crippen molar-refractivity contribution in [2.45, 2.75) is 19.1 Å². The van der Waals surface area contributed by atoms with E-state index < -0.39 is 0 Å². The highest BCUT2D eigenvalue weighted by Gasteiger charge is 2.28. The lowest BCUT2D eigenvalue weighted by Gasteiger charge is -2.27. The number of rotatable bonds is 2. The third-order valence-electron chi connectivity index (χ3n) is 3.06. The molecule has 0 saturated carbocycles. The maximum atomic E-state index is 5.57. The molecule has 0 spiro atoms. The van der Waals surface area contributed by atoms with Crippen molar-refractivity contribution < 1.29 is 9.26 Å². The van der Waals surface area contributed by atoms with E-state index in [0.717, 1.165) is 18.7 Å². The second kappa shape index (κ2) is 4.88. The molecule has 1 fully saturated rings. The summed E-state index contributed by atoms with van der Waals surface area (Å²) in [5, 5.41) is 7.34. The molecule has 1 aliphatic heterocycles. The largest absolute Gasteiger partial charge is 0.375 e. The summed E-state index contributed by atoms with van der Waals surface area (Å²) in [6, 6.07) is 9.77. The van der Waals surface area contributed by atoms with Gasteiger partial charge in [-0.1, -0.05) is 35.5 Å². The molecule has 1 N–H and O–H groups in total. The van der Waals surface area contributed by atoms with Crippen LogP contribution in [0.5, 0.6) is 0 Å². The molecule has 2 atom stereocenters. The normalized spacial score (nSPS) is 24.1. The molecule has 2 aromatic rings. The van der Waals surface area contributed by atoms with E-state index in [4.69, 9.17) is 9.26 Å². The SMILES string of the molecule is C[C@H]1OCCN[C@@H]1c1nc(-c2ccccc2)no1. The van der Waals surface area contributed by atoms with E-state index in [0.29, 0.717) is 11.7 Å². The van der Waals surface area contributed by atoms with Gasteiger partial charge in [-0.2, -0.15) is 4.98 Å². The van der Waals surface area contributed by atoms with E-state index in [2.05, 4.69) is 15.5 Å². The van der Waals surface area contributed by atoms with Crippen LogP contribution in [0.1, 0.15) is 18.9 Å². The zero-order valence-electron chi connectivity index (χ0n) is 10.2. The van der Waals surface area contributed by atoms with Gasteiger partial charge < -0.3 is 14.6 Å². The van der Waals surface area contributed by atoms with E-state index >= 15 is 0 Å². The van der Waals surface area contributed by atoms with Crippen molar-refractivity contribution in [1.82, 2.24) is 15.5 Å². The average molecular weight is 245 g/mol. The Morgan fingerprint density at radius 2 is 2.11 bits per heavy atom. The van der Waals surface area contributed by atoms with Crippen molar-refractivity contribution in [3.05, 3.63) is 36.2 Å². The molecule has 1 saturated heterocycles. The van der Waals surface area contributed by atoms with Gasteiger partial charge in [0.15, 0.2) is 0 Å². The molecule has 5 nitrogen and oxygen atoms in total. The van der Waals surface area contributed by atoms with Crippen LogP contribution in [0.2, 0.25) is 0 Å². The molecule has 0 radical (unpaired) electrons. The summed E-state index contributed by atoms with van der Waals surface area (Å²) in [5.74, 6) is 1.20. The quantitative estimate of drug-likeness (QED) is 0.874. The average Bonchev–Trinajstić information content (AvgIpc) is 2.90. The lowest BCUT2D eigenvalue weighted by atomic mass is 10.1. The van der Waals surface area contributed by atoms with Gasteiger partial charge in [-0.15, -0.1) is 0 Å². The van der Waals surface area contributed by atoms with E-state index in [1.54, 1.807) is 0 Å². The van der Waals surface area contributed by atoms with Crippen molar-refractivity contribution >= 4 is 0 Å². The molecule has 0 aliphatic carbocycles. The zero-order chi connectivity index (χ0) is 12.4. The highest BCUT2D eigenvalue weighted by Crippen LogP contribution is 2.23. The maximum absolute atomic E-state index is 5.57. The minimum absolute atomic E-state index is 0.0243. The second-order valence-corrected chi connectivity index (χ2v) is 4.33. The molecule has 5 heteroatoms. The number of nitrogens with zero attached hydrogens (tertiary/aromatic N) is 2. The van der Waals surface area contributed by atoms with Crippen LogP contribution in [-0.4, -0.2) is 29.4 Å². The Balaban J connectivity index is 1.85. The Morgan fingerprint density at radius 3 is 2.89 bits per heavy atom. The molecule has 0 amide bonds. The number of ether oxygens (including phenoxy) is 1. The Labute approximate surface area is 105 Å². The summed E-state index contributed by atoms with van der Waals surface area (Å²) in [6.45, 7) is 3.53. The van der Waals surface area contributed by atoms with Crippen LogP contribution >= 0.6 is 0 Å². The molecule has 1 aliphatic rings. The monoisotopic (exact) mass is 245 g/mol. The molecule has 0 unspecified atom stereocenters. The van der Waals surface area contributed by atoms with Gasteiger partial charge in [-0.25, -0.2) is 0 Å². The predicted molar refractivity (Wildman–Crippen MR) is 65.9 cm³/mol. The van der Waals surface area contributed by atoms with Gasteiger partial charge in [0.25, 0.3) is 0 Å². The van der Waals surface area contributed by atoms with E-state index in [1.807, 2.05) is 37.3 Å². The van der Waals surface area contributed by atoms with Crippen molar-refractivity contribution in [2.75, 3.05) is 13.2 Å². The van der Waals surface area contributed by atoms with Crippen molar-refractivity contribution in [1.29, 1.82) is 0 Å². The minimum atomic E-state index is -0.0243. The first-order chi connectivity index (χ1) is 8.84. The van der Waals surface area contributed by atoms with Gasteiger partial charge >= 0.3 is 0 Å². The van der Waals surface area contributed by atoms with E-state index in [1.165, 1.54) is 0 Å². The number of aromatic nitrogens is 2. The fourth-order valence-corrected chi connectivity index (χ4v) is 2.08. The first-order valence-electron chi connectivity index (χ1n) is 6.08. The molecular formula is C13H15N3O2. The van der Waals surface area contributed by atoms with Crippen LogP contribution in [-0.2, 0) is 4.74 Å². The van der Waals surface area contributed by atoms with Gasteiger partial charge in [0.2, 0.25) is 11.7 Å². The molecule has 0 bridgehead atoms. The van der Waals surface area contributed by atoms with E-state index in [-0.39, 0.29) is 12.1 Å². The Hall–Kier alpha value is -1.72. The standard InChI is InChI=1S/C13H15N3O2/c1-9-11(14-7-8-17-9)13-15-12(16-18-13)10-5-3-2-4-6-10/h2-6,9,11,14H,7-8H2,1H3/t9-,11+/m1/s1. The first-order valence-corrected chi connectivity index (χ1v) is 6.08. The Bertz CT molecular complexity index is 512. The number of morpholine rings is 1. The predicted octanol–water partition coefficient (Wildman–Crippen LogP) is 1.79. The number of hydrogen-bond acceptors (Lipinski definition) is 5. The lowest BCUT2D eigenvalue weighted by molar-refractivity contribution is -0.00136. The molecule has 2 heterocycles. The van der Waals surface area contributed by atoms with Gasteiger partial charge in [0.05, 0.1) is 12.7 Å². The van der Waals surface area contributed by atoms with Gasteiger partial charge in [0.1, 0.15) is 6.04 Å². The highest BCUT2D eigenvalue weighted by atomic mass is 16.5. The van der Waals surface area contributed by atoms with Gasteiger partial charge in [-0.05, 0) is 6.92 Å². The van der Waals surface area contributed by atoms with Crippen LogP contribution in [0, 0.1) is 0 Å². The Kier molecular flexibility index (Phi) is 3.08. The topological polar surface area (TPSA) is 60.2 Å². The minimum Gasteiger partial charge on any atom is -0.375 e. The molecular weight excluding hydrogens is 230 g/mol. The second-order valence-electron chi connectivity index (χ2n) is 4.33. The lowest BCUT2D eigenvalue weighted by Crippen LogP contribution is -2.40. The van der Waals surface area contributed by atoms with Crippen molar-refractivity contribution in [3.8, 4) is 11.4 Å². The molecule has 3 rings (SSSR count). The molecule has 94 valence electrons. The molecule has 1 aromatic heterocycles. The Morgan fingerprint density at radius 1 is 1.28 bits per heavy atom. The molecule has 1 aromatic carbocycles. The number of benzene rings is 1. The number of hydrogen-bond donors (Lipinski definition) is 1. The molecule has 18 heavy (non-hydrogen) atoms. The van der Waals surface area contributed by atoms with Gasteiger partial charge in [-0.3, -0.25) is 0 Å². The van der Waals surface area contributed by atoms with Crippen LogP contribution in [0.25, 0.3) is 11.4 Å². The van der Waals surface area contributed by atoms with Crippen LogP contribution in [0.3, 0.4) is 0 Å². The zero-order valence-corrected chi connectivity index (χ0v) is 10.2. The smallest absolute Gasteiger partial charge is 0.246 e. The summed E-state index contributed by atoms with van der Waals surface area (Å²) < 4.78 is 10.9. The van der Waals surface area contributed by atoms with Gasteiger partial charge in [0, 0.05) is 12.1 Å². The number of nitrogens with one attached hydrogen (secondary N) is 1. The fourth-order valence-electron chi connectivity index (χ4n) is 2.08. The summed E-state index contributed by atoms with van der Waals surface area (Å²) in [7, 11) is 0. The van der Waals surface area contributed by atoms with Crippen LogP contribution < -0.4 is 5.32 Å².